The summed E-state index contributed by atoms with van der Waals surface area (Å²) < 4.78 is 10.9. The van der Waals surface area contributed by atoms with Crippen LogP contribution in [0.4, 0.5) is 0 Å². The van der Waals surface area contributed by atoms with Gasteiger partial charge in [0.05, 0.1) is 6.61 Å². The predicted octanol–water partition coefficient (Wildman–Crippen LogP) is 1.27. The molecular weight excluding hydrogens is 270 g/mol. The maximum absolute atomic E-state index is 12.1. The fraction of sp³-hybridized carbons (Fsp3) is 0.562. The van der Waals surface area contributed by atoms with Gasteiger partial charge in [0.1, 0.15) is 12.4 Å². The number of aliphatic hydroxyl groups excluding tert-OH is 1. The summed E-state index contributed by atoms with van der Waals surface area (Å²) in [6, 6.07) is 7.46. The molecule has 1 aromatic carbocycles. The lowest BCUT2D eigenvalue weighted by molar-refractivity contribution is -0.152. The number of benzene rings is 1. The van der Waals surface area contributed by atoms with Crippen LogP contribution in [-0.2, 0) is 16.0 Å². The van der Waals surface area contributed by atoms with Crippen LogP contribution in [0.2, 0.25) is 0 Å². The van der Waals surface area contributed by atoms with Crippen LogP contribution in [0.5, 0.6) is 5.75 Å². The molecule has 21 heavy (non-hydrogen) atoms. The molecule has 0 spiro atoms. The third-order valence-electron chi connectivity index (χ3n) is 3.78. The largest absolute Gasteiger partial charge is 0.491 e. The second kappa shape index (κ2) is 6.91. The third kappa shape index (κ3) is 3.74. The lowest BCUT2D eigenvalue weighted by atomic mass is 9.96. The lowest BCUT2D eigenvalue weighted by Crippen LogP contribution is -2.55. The number of esters is 1. The third-order valence-corrected chi connectivity index (χ3v) is 3.78. The summed E-state index contributed by atoms with van der Waals surface area (Å²) in [4.78, 5) is 12.1. The average Bonchev–Trinajstić information content (AvgIpc) is 3.31. The first kappa shape index (κ1) is 15.8. The molecule has 0 bridgehead atoms. The number of carbonyl (C=O) groups is 1. The minimum atomic E-state index is -1.08. The van der Waals surface area contributed by atoms with Gasteiger partial charge in [-0.2, -0.15) is 0 Å². The molecule has 1 fully saturated rings. The van der Waals surface area contributed by atoms with Crippen LogP contribution in [-0.4, -0.2) is 36.4 Å². The van der Waals surface area contributed by atoms with Gasteiger partial charge < -0.3 is 20.3 Å². The van der Waals surface area contributed by atoms with E-state index in [0.29, 0.717) is 18.8 Å². The Morgan fingerprint density at radius 2 is 2.14 bits per heavy atom. The zero-order valence-electron chi connectivity index (χ0n) is 12.4. The molecule has 116 valence electrons. The van der Waals surface area contributed by atoms with Crippen LogP contribution in [0.15, 0.2) is 24.3 Å². The van der Waals surface area contributed by atoms with E-state index in [9.17, 15) is 4.79 Å². The van der Waals surface area contributed by atoms with Gasteiger partial charge in [-0.1, -0.05) is 18.2 Å². The van der Waals surface area contributed by atoms with Gasteiger partial charge in [0.25, 0.3) is 0 Å². The molecule has 3 N–H and O–H groups in total. The molecule has 0 radical (unpaired) electrons. The van der Waals surface area contributed by atoms with Crippen LogP contribution >= 0.6 is 0 Å². The zero-order chi connectivity index (χ0) is 15.3. The van der Waals surface area contributed by atoms with Crippen molar-refractivity contribution in [1.29, 1.82) is 0 Å². The minimum Gasteiger partial charge on any atom is -0.491 e. The van der Waals surface area contributed by atoms with Crippen molar-refractivity contribution in [1.82, 2.24) is 0 Å². The van der Waals surface area contributed by atoms with Crippen molar-refractivity contribution >= 4 is 5.97 Å². The van der Waals surface area contributed by atoms with Crippen molar-refractivity contribution in [2.45, 2.75) is 31.7 Å². The topological polar surface area (TPSA) is 81.8 Å². The Morgan fingerprint density at radius 3 is 2.76 bits per heavy atom. The fourth-order valence-corrected chi connectivity index (χ4v) is 2.38. The summed E-state index contributed by atoms with van der Waals surface area (Å²) in [7, 11) is 0. The molecule has 1 aliphatic carbocycles. The van der Waals surface area contributed by atoms with Crippen molar-refractivity contribution in [3.05, 3.63) is 29.8 Å². The van der Waals surface area contributed by atoms with Gasteiger partial charge >= 0.3 is 5.97 Å². The highest BCUT2D eigenvalue weighted by Gasteiger charge is 2.50. The molecule has 0 saturated heterocycles. The van der Waals surface area contributed by atoms with E-state index in [1.807, 2.05) is 24.3 Å². The molecular formula is C16H23NO4. The Kier molecular flexibility index (Phi) is 5.20. The first-order valence-corrected chi connectivity index (χ1v) is 7.39. The predicted molar refractivity (Wildman–Crippen MR) is 79.0 cm³/mol. The van der Waals surface area contributed by atoms with Gasteiger partial charge in [0, 0.05) is 6.61 Å². The zero-order valence-corrected chi connectivity index (χ0v) is 12.4. The molecule has 1 aliphatic rings. The Morgan fingerprint density at radius 1 is 1.43 bits per heavy atom. The van der Waals surface area contributed by atoms with Crippen molar-refractivity contribution in [3.8, 4) is 5.75 Å². The number of rotatable bonds is 8. The second-order valence-corrected chi connectivity index (χ2v) is 5.41. The summed E-state index contributed by atoms with van der Waals surface area (Å²) in [5.74, 6) is 0.389. The molecule has 2 rings (SSSR count). The first-order chi connectivity index (χ1) is 10.1. The summed E-state index contributed by atoms with van der Waals surface area (Å²) in [5, 5.41) is 9.07. The Labute approximate surface area is 125 Å². The standard InChI is InChI=1S/C16H23NO4/c1-2-20-15(19)16(17,13-7-8-13)11-21-14-6-4-3-5-12(14)9-10-18/h3-6,13,18H,2,7-11,17H2,1H3. The van der Waals surface area contributed by atoms with Crippen molar-refractivity contribution in [2.75, 3.05) is 19.8 Å². The molecule has 5 nitrogen and oxygen atoms in total. The van der Waals surface area contributed by atoms with Crippen LogP contribution in [0.1, 0.15) is 25.3 Å². The molecule has 5 heteroatoms. The summed E-state index contributed by atoms with van der Waals surface area (Å²) in [6.07, 6.45) is 2.37. The molecule has 0 heterocycles. The van der Waals surface area contributed by atoms with Crippen molar-refractivity contribution in [3.63, 3.8) is 0 Å². The second-order valence-electron chi connectivity index (χ2n) is 5.41. The normalized spacial score (nSPS) is 17.1. The van der Waals surface area contributed by atoms with E-state index in [1.165, 1.54) is 0 Å². The Bertz CT molecular complexity index is 487. The number of carbonyl (C=O) groups excluding carboxylic acids is 1. The van der Waals surface area contributed by atoms with Gasteiger partial charge in [0.15, 0.2) is 5.54 Å². The number of ether oxygens (including phenoxy) is 2. The molecule has 0 amide bonds. The summed E-state index contributed by atoms with van der Waals surface area (Å²) in [6.45, 7) is 2.22. The fourth-order valence-electron chi connectivity index (χ4n) is 2.38. The van der Waals surface area contributed by atoms with Gasteiger partial charge in [-0.15, -0.1) is 0 Å². The van der Waals surface area contributed by atoms with Gasteiger partial charge in [-0.25, -0.2) is 4.79 Å². The Hall–Kier alpha value is -1.59. The van der Waals surface area contributed by atoms with E-state index in [-0.39, 0.29) is 19.1 Å². The van der Waals surface area contributed by atoms with Crippen LogP contribution in [0, 0.1) is 5.92 Å². The number of hydrogen-bond donors (Lipinski definition) is 2. The smallest absolute Gasteiger partial charge is 0.329 e. The SMILES string of the molecule is CCOC(=O)C(N)(COc1ccccc1CCO)C1CC1. The van der Waals surface area contributed by atoms with Crippen LogP contribution in [0.25, 0.3) is 0 Å². The van der Waals surface area contributed by atoms with E-state index in [2.05, 4.69) is 0 Å². The van der Waals surface area contributed by atoms with E-state index in [0.717, 1.165) is 18.4 Å². The first-order valence-electron chi connectivity index (χ1n) is 7.39. The quantitative estimate of drug-likeness (QED) is 0.705. The highest BCUT2D eigenvalue weighted by molar-refractivity contribution is 5.81. The van der Waals surface area contributed by atoms with Gasteiger partial charge in [-0.05, 0) is 43.7 Å². The highest BCUT2D eigenvalue weighted by atomic mass is 16.5. The number of aliphatic hydroxyl groups is 1. The lowest BCUT2D eigenvalue weighted by Gasteiger charge is -2.27. The van der Waals surface area contributed by atoms with Crippen molar-refractivity contribution < 1.29 is 19.4 Å². The molecule has 1 aromatic rings. The average molecular weight is 293 g/mol. The van der Waals surface area contributed by atoms with Crippen molar-refractivity contribution in [2.24, 2.45) is 11.7 Å². The highest BCUT2D eigenvalue weighted by Crippen LogP contribution is 2.39. The Balaban J connectivity index is 2.07. The molecule has 0 aliphatic heterocycles. The molecule has 0 aromatic heterocycles. The van der Waals surface area contributed by atoms with E-state index in [4.69, 9.17) is 20.3 Å². The monoisotopic (exact) mass is 293 g/mol. The van der Waals surface area contributed by atoms with E-state index >= 15 is 0 Å². The number of hydrogen-bond acceptors (Lipinski definition) is 5. The van der Waals surface area contributed by atoms with Crippen LogP contribution in [0.3, 0.4) is 0 Å². The van der Waals surface area contributed by atoms with E-state index in [1.54, 1.807) is 6.92 Å². The summed E-state index contributed by atoms with van der Waals surface area (Å²) in [5.41, 5.74) is 6.08. The number of para-hydroxylation sites is 1. The number of nitrogens with two attached hydrogens (primary N) is 1. The van der Waals surface area contributed by atoms with Gasteiger partial charge in [0.2, 0.25) is 0 Å². The van der Waals surface area contributed by atoms with E-state index < -0.39 is 11.5 Å². The maximum Gasteiger partial charge on any atom is 0.329 e. The van der Waals surface area contributed by atoms with Gasteiger partial charge in [-0.3, -0.25) is 0 Å². The molecule has 1 saturated carbocycles. The van der Waals surface area contributed by atoms with Crippen LogP contribution < -0.4 is 10.5 Å². The minimum absolute atomic E-state index is 0.0502. The molecule has 1 unspecified atom stereocenters. The molecule has 1 atom stereocenters. The summed E-state index contributed by atoms with van der Waals surface area (Å²) >= 11 is 0. The maximum atomic E-state index is 12.1.